The molecule has 5 heteroatoms. The fourth-order valence-electron chi connectivity index (χ4n) is 1.68. The van der Waals surface area contributed by atoms with Crippen molar-refractivity contribution in [3.63, 3.8) is 0 Å². The number of allylic oxidation sites excluding steroid dienone is 1. The SMILES string of the molecule is C=CCC(C=O)C(Nc1ccc(OC)cc1)C(=O)O. The van der Waals surface area contributed by atoms with E-state index in [0.717, 1.165) is 0 Å². The third kappa shape index (κ3) is 4.13. The zero-order valence-corrected chi connectivity index (χ0v) is 10.7. The van der Waals surface area contributed by atoms with Crippen molar-refractivity contribution in [3.05, 3.63) is 36.9 Å². The van der Waals surface area contributed by atoms with Crippen LogP contribution in [-0.4, -0.2) is 30.5 Å². The van der Waals surface area contributed by atoms with Crippen LogP contribution in [-0.2, 0) is 9.59 Å². The average molecular weight is 263 g/mol. The lowest BCUT2D eigenvalue weighted by Crippen LogP contribution is -2.37. The van der Waals surface area contributed by atoms with Crippen molar-refractivity contribution in [2.45, 2.75) is 12.5 Å². The fraction of sp³-hybridized carbons (Fsp3) is 0.286. The van der Waals surface area contributed by atoms with Crippen LogP contribution in [0.1, 0.15) is 6.42 Å². The molecule has 0 radical (unpaired) electrons. The minimum Gasteiger partial charge on any atom is -0.497 e. The number of methoxy groups -OCH3 is 1. The van der Waals surface area contributed by atoms with Crippen LogP contribution in [0.2, 0.25) is 0 Å². The first kappa shape index (κ1) is 14.8. The number of ether oxygens (including phenoxy) is 1. The maximum atomic E-state index is 11.2. The van der Waals surface area contributed by atoms with E-state index in [4.69, 9.17) is 4.74 Å². The van der Waals surface area contributed by atoms with Crippen molar-refractivity contribution in [3.8, 4) is 5.75 Å². The van der Waals surface area contributed by atoms with E-state index < -0.39 is 17.9 Å². The lowest BCUT2D eigenvalue weighted by molar-refractivity contribution is -0.140. The van der Waals surface area contributed by atoms with Crippen molar-refractivity contribution in [2.75, 3.05) is 12.4 Å². The second kappa shape index (κ2) is 7.20. The number of carbonyl (C=O) groups is 2. The largest absolute Gasteiger partial charge is 0.497 e. The van der Waals surface area contributed by atoms with E-state index in [9.17, 15) is 14.7 Å². The van der Waals surface area contributed by atoms with Crippen LogP contribution in [0.3, 0.4) is 0 Å². The predicted octanol–water partition coefficient (Wildman–Crippen LogP) is 1.95. The van der Waals surface area contributed by atoms with Crippen molar-refractivity contribution < 1.29 is 19.4 Å². The first-order valence-corrected chi connectivity index (χ1v) is 5.82. The van der Waals surface area contributed by atoms with E-state index in [-0.39, 0.29) is 0 Å². The molecule has 1 rings (SSSR count). The molecule has 0 aliphatic heterocycles. The highest BCUT2D eigenvalue weighted by Crippen LogP contribution is 2.18. The number of hydrogen-bond donors (Lipinski definition) is 2. The maximum absolute atomic E-state index is 11.2. The Balaban J connectivity index is 2.84. The number of aldehydes is 1. The zero-order valence-electron chi connectivity index (χ0n) is 10.7. The molecule has 0 spiro atoms. The molecule has 0 saturated carbocycles. The Morgan fingerprint density at radius 3 is 2.53 bits per heavy atom. The highest BCUT2D eigenvalue weighted by atomic mass is 16.5. The van der Waals surface area contributed by atoms with Crippen molar-refractivity contribution in [1.29, 1.82) is 0 Å². The number of hydrogen-bond acceptors (Lipinski definition) is 4. The van der Waals surface area contributed by atoms with Crippen LogP contribution in [0.5, 0.6) is 5.75 Å². The zero-order chi connectivity index (χ0) is 14.3. The van der Waals surface area contributed by atoms with Gasteiger partial charge in [-0.25, -0.2) is 4.79 Å². The number of carboxylic acid groups (broad SMARTS) is 1. The first-order chi connectivity index (χ1) is 9.12. The van der Waals surface area contributed by atoms with Crippen LogP contribution in [0.15, 0.2) is 36.9 Å². The highest BCUT2D eigenvalue weighted by Gasteiger charge is 2.26. The number of rotatable bonds is 8. The number of anilines is 1. The van der Waals surface area contributed by atoms with E-state index >= 15 is 0 Å². The molecule has 0 bridgehead atoms. The van der Waals surface area contributed by atoms with Crippen LogP contribution < -0.4 is 10.1 Å². The summed E-state index contributed by atoms with van der Waals surface area (Å²) in [5, 5.41) is 12.0. The quantitative estimate of drug-likeness (QED) is 0.554. The van der Waals surface area contributed by atoms with Crippen molar-refractivity contribution in [1.82, 2.24) is 0 Å². The molecule has 102 valence electrons. The molecule has 1 aromatic carbocycles. The molecule has 19 heavy (non-hydrogen) atoms. The second-order valence-corrected chi connectivity index (χ2v) is 4.01. The van der Waals surface area contributed by atoms with Gasteiger partial charge in [-0.3, -0.25) is 0 Å². The number of nitrogens with one attached hydrogen (secondary N) is 1. The van der Waals surface area contributed by atoms with E-state index in [1.165, 1.54) is 6.08 Å². The van der Waals surface area contributed by atoms with Gasteiger partial charge in [0.05, 0.1) is 7.11 Å². The molecule has 0 aromatic heterocycles. The Morgan fingerprint density at radius 2 is 2.11 bits per heavy atom. The summed E-state index contributed by atoms with van der Waals surface area (Å²) in [6, 6.07) is 5.84. The molecule has 2 unspecified atom stereocenters. The van der Waals surface area contributed by atoms with Gasteiger partial charge in [0.1, 0.15) is 18.1 Å². The molecule has 0 fully saturated rings. The van der Waals surface area contributed by atoms with Crippen molar-refractivity contribution in [2.24, 2.45) is 5.92 Å². The van der Waals surface area contributed by atoms with Gasteiger partial charge in [0, 0.05) is 11.6 Å². The van der Waals surface area contributed by atoms with Gasteiger partial charge in [-0.1, -0.05) is 6.08 Å². The van der Waals surface area contributed by atoms with E-state index in [1.807, 2.05) is 0 Å². The molecule has 0 saturated heterocycles. The Kier molecular flexibility index (Phi) is 5.60. The number of carboxylic acids is 1. The highest BCUT2D eigenvalue weighted by molar-refractivity contribution is 5.81. The summed E-state index contributed by atoms with van der Waals surface area (Å²) < 4.78 is 5.02. The molecule has 2 atom stereocenters. The van der Waals surface area contributed by atoms with Gasteiger partial charge >= 0.3 is 5.97 Å². The van der Waals surface area contributed by atoms with Gasteiger partial charge in [-0.15, -0.1) is 6.58 Å². The fourth-order valence-corrected chi connectivity index (χ4v) is 1.68. The summed E-state index contributed by atoms with van der Waals surface area (Å²) in [4.78, 5) is 22.2. The summed E-state index contributed by atoms with van der Waals surface area (Å²) in [5.41, 5.74) is 0.615. The molecule has 1 aromatic rings. The monoisotopic (exact) mass is 263 g/mol. The van der Waals surface area contributed by atoms with Gasteiger partial charge < -0.3 is 20.0 Å². The van der Waals surface area contributed by atoms with Crippen LogP contribution in [0, 0.1) is 5.92 Å². The molecule has 0 amide bonds. The lowest BCUT2D eigenvalue weighted by Gasteiger charge is -2.20. The minimum atomic E-state index is -1.07. The minimum absolute atomic E-state index is 0.309. The summed E-state index contributed by atoms with van der Waals surface area (Å²) in [6.07, 6.45) is 2.48. The van der Waals surface area contributed by atoms with E-state index in [0.29, 0.717) is 24.1 Å². The van der Waals surface area contributed by atoms with Gasteiger partial charge in [-0.05, 0) is 30.7 Å². The third-order valence-electron chi connectivity index (χ3n) is 2.72. The molecule has 0 aliphatic carbocycles. The summed E-state index contributed by atoms with van der Waals surface area (Å²) >= 11 is 0. The molecular weight excluding hydrogens is 246 g/mol. The second-order valence-electron chi connectivity index (χ2n) is 4.01. The van der Waals surface area contributed by atoms with Gasteiger partial charge in [0.15, 0.2) is 0 Å². The van der Waals surface area contributed by atoms with Crippen LogP contribution >= 0.6 is 0 Å². The number of carbonyl (C=O) groups excluding carboxylic acids is 1. The van der Waals surface area contributed by atoms with Gasteiger partial charge in [-0.2, -0.15) is 0 Å². The standard InChI is InChI=1S/C14H17NO4/c1-3-4-10(9-16)13(14(17)18)15-11-5-7-12(19-2)8-6-11/h3,5-10,13,15H,1,4H2,2H3,(H,17,18). The normalized spacial score (nSPS) is 13.1. The summed E-state index contributed by atoms with van der Waals surface area (Å²) in [6.45, 7) is 3.52. The van der Waals surface area contributed by atoms with Gasteiger partial charge in [0.2, 0.25) is 0 Å². The predicted molar refractivity (Wildman–Crippen MR) is 72.4 cm³/mol. The average Bonchev–Trinajstić information content (AvgIpc) is 2.43. The Morgan fingerprint density at radius 1 is 1.47 bits per heavy atom. The molecule has 0 aliphatic rings. The topological polar surface area (TPSA) is 75.6 Å². The lowest BCUT2D eigenvalue weighted by atomic mass is 9.97. The smallest absolute Gasteiger partial charge is 0.326 e. The van der Waals surface area contributed by atoms with Crippen LogP contribution in [0.25, 0.3) is 0 Å². The Hall–Kier alpha value is -2.30. The maximum Gasteiger partial charge on any atom is 0.326 e. The Bertz CT molecular complexity index is 441. The molecule has 2 N–H and O–H groups in total. The van der Waals surface area contributed by atoms with E-state index in [2.05, 4.69) is 11.9 Å². The van der Waals surface area contributed by atoms with Gasteiger partial charge in [0.25, 0.3) is 0 Å². The van der Waals surface area contributed by atoms with Crippen molar-refractivity contribution >= 4 is 17.9 Å². The summed E-state index contributed by atoms with van der Waals surface area (Å²) in [7, 11) is 1.55. The first-order valence-electron chi connectivity index (χ1n) is 5.82. The molecule has 5 nitrogen and oxygen atoms in total. The number of aliphatic carboxylic acids is 1. The summed E-state index contributed by atoms with van der Waals surface area (Å²) in [5.74, 6) is -1.05. The van der Waals surface area contributed by atoms with E-state index in [1.54, 1.807) is 31.4 Å². The van der Waals surface area contributed by atoms with Crippen LogP contribution in [0.4, 0.5) is 5.69 Å². The Labute approximate surface area is 111 Å². The molecular formula is C14H17NO4. The molecule has 0 heterocycles. The number of benzene rings is 1. The third-order valence-corrected chi connectivity index (χ3v) is 2.72.